The van der Waals surface area contributed by atoms with Crippen molar-refractivity contribution in [3.8, 4) is 5.75 Å². The molecular weight excluding hydrogens is 430 g/mol. The molecule has 0 unspecified atom stereocenters. The minimum Gasteiger partial charge on any atom is -0.350 e. The molecule has 2 rings (SSSR count). The largest absolute Gasteiger partial charge is 0.350 e. The van der Waals surface area contributed by atoms with Crippen LogP contribution in [-0.2, 0) is 9.47 Å². The Bertz CT molecular complexity index is 835. The van der Waals surface area contributed by atoms with E-state index in [2.05, 4.69) is 18.7 Å². The molecule has 182 valence electrons. The number of ether oxygens (including phenoxy) is 2. The third-order valence-electron chi connectivity index (χ3n) is 5.53. The standard InChI is InChI=1S/C23H33N3O7/c1-3-5-7-8-9-14-23(31-16-17-32-23)15-13-19(10-6-4-2)24-33-22-12-11-20(25(27)28)18-21(22)26(29)30/h4,11-12,18H,2-3,5-10,13-17H2,1H3/b24-19+. The lowest BCUT2D eigenvalue weighted by Crippen LogP contribution is -2.31. The molecule has 10 nitrogen and oxygen atoms in total. The van der Waals surface area contributed by atoms with Gasteiger partial charge in [0.05, 0.1) is 34.8 Å². The molecule has 1 heterocycles. The minimum absolute atomic E-state index is 0.152. The van der Waals surface area contributed by atoms with Crippen molar-refractivity contribution in [2.24, 2.45) is 5.16 Å². The van der Waals surface area contributed by atoms with Crippen LogP contribution >= 0.6 is 0 Å². The van der Waals surface area contributed by atoms with E-state index in [1.54, 1.807) is 6.08 Å². The number of unbranched alkanes of at least 4 members (excludes halogenated alkanes) is 4. The molecule has 0 radical (unpaired) electrons. The molecular formula is C23H33N3O7. The molecule has 0 saturated carbocycles. The maximum atomic E-state index is 11.3. The molecule has 0 atom stereocenters. The second-order valence-electron chi connectivity index (χ2n) is 8.01. The fraction of sp³-hybridized carbons (Fsp3) is 0.609. The van der Waals surface area contributed by atoms with Gasteiger partial charge in [0.15, 0.2) is 5.79 Å². The number of rotatable bonds is 16. The second-order valence-corrected chi connectivity index (χ2v) is 8.01. The predicted molar refractivity (Wildman–Crippen MR) is 124 cm³/mol. The summed E-state index contributed by atoms with van der Waals surface area (Å²) in [5.41, 5.74) is -0.213. The van der Waals surface area contributed by atoms with Crippen molar-refractivity contribution in [2.75, 3.05) is 13.2 Å². The normalized spacial score (nSPS) is 15.4. The summed E-state index contributed by atoms with van der Waals surface area (Å²) < 4.78 is 11.9. The third-order valence-corrected chi connectivity index (χ3v) is 5.53. The van der Waals surface area contributed by atoms with E-state index in [0.717, 1.165) is 31.4 Å². The van der Waals surface area contributed by atoms with Gasteiger partial charge in [0.1, 0.15) is 0 Å². The van der Waals surface area contributed by atoms with Crippen molar-refractivity contribution in [1.82, 2.24) is 0 Å². The van der Waals surface area contributed by atoms with Crippen LogP contribution in [0.2, 0.25) is 0 Å². The highest BCUT2D eigenvalue weighted by Gasteiger charge is 2.35. The molecule has 0 aromatic heterocycles. The first kappa shape index (κ1) is 26.4. The van der Waals surface area contributed by atoms with Crippen LogP contribution in [-0.4, -0.2) is 34.6 Å². The molecule has 10 heteroatoms. The van der Waals surface area contributed by atoms with Crippen LogP contribution in [0, 0.1) is 20.2 Å². The lowest BCUT2D eigenvalue weighted by Gasteiger charge is -2.27. The van der Waals surface area contributed by atoms with Crippen LogP contribution < -0.4 is 4.84 Å². The molecule has 1 aliphatic heterocycles. The van der Waals surface area contributed by atoms with Crippen LogP contribution in [0.4, 0.5) is 11.4 Å². The Kier molecular flexibility index (Phi) is 10.9. The number of nitro benzene ring substituents is 2. The Labute approximate surface area is 193 Å². The maximum Gasteiger partial charge on any atom is 0.321 e. The summed E-state index contributed by atoms with van der Waals surface area (Å²) in [5, 5.41) is 26.4. The van der Waals surface area contributed by atoms with Crippen LogP contribution in [0.1, 0.15) is 71.1 Å². The van der Waals surface area contributed by atoms with E-state index < -0.39 is 21.3 Å². The SMILES string of the molecule is C=CCC/C(CCC1(CCCCCCC)OCCO1)=N\Oc1ccc([N+](=O)[O-])cc1[N+](=O)[O-]. The Hall–Kier alpha value is -2.85. The van der Waals surface area contributed by atoms with E-state index in [9.17, 15) is 20.2 Å². The highest BCUT2D eigenvalue weighted by atomic mass is 16.7. The zero-order valence-corrected chi connectivity index (χ0v) is 19.2. The van der Waals surface area contributed by atoms with Gasteiger partial charge in [0.2, 0.25) is 5.75 Å². The molecule has 1 fully saturated rings. The Morgan fingerprint density at radius 1 is 1.12 bits per heavy atom. The summed E-state index contributed by atoms with van der Waals surface area (Å²) in [6.07, 6.45) is 10.7. The zero-order chi connectivity index (χ0) is 24.1. The topological polar surface area (TPSA) is 126 Å². The van der Waals surface area contributed by atoms with Gasteiger partial charge in [0.25, 0.3) is 5.69 Å². The molecule has 1 aliphatic rings. The summed E-state index contributed by atoms with van der Waals surface area (Å²) in [6, 6.07) is 3.20. The van der Waals surface area contributed by atoms with Gasteiger partial charge in [-0.3, -0.25) is 20.2 Å². The van der Waals surface area contributed by atoms with Gasteiger partial charge in [-0.15, -0.1) is 6.58 Å². The highest BCUT2D eigenvalue weighted by Crippen LogP contribution is 2.33. The quantitative estimate of drug-likeness (QED) is 0.0954. The number of allylic oxidation sites excluding steroid dienone is 1. The number of non-ortho nitro benzene ring substituents is 1. The molecule has 0 amide bonds. The molecule has 1 aromatic rings. The van der Waals surface area contributed by atoms with E-state index in [-0.39, 0.29) is 11.4 Å². The number of nitrogens with zero attached hydrogens (tertiary/aromatic N) is 3. The number of benzene rings is 1. The molecule has 0 N–H and O–H groups in total. The first-order chi connectivity index (χ1) is 15.9. The maximum absolute atomic E-state index is 11.3. The van der Waals surface area contributed by atoms with Gasteiger partial charge in [0, 0.05) is 18.9 Å². The lowest BCUT2D eigenvalue weighted by atomic mass is 9.98. The van der Waals surface area contributed by atoms with E-state index in [0.29, 0.717) is 44.6 Å². The predicted octanol–water partition coefficient (Wildman–Crippen LogP) is 6.09. The van der Waals surface area contributed by atoms with Crippen LogP contribution in [0.3, 0.4) is 0 Å². The number of hydrogen-bond donors (Lipinski definition) is 0. The average Bonchev–Trinajstić information content (AvgIpc) is 3.27. The molecule has 1 aromatic carbocycles. The first-order valence-electron chi connectivity index (χ1n) is 11.4. The second kappa shape index (κ2) is 13.6. The van der Waals surface area contributed by atoms with Gasteiger partial charge in [-0.25, -0.2) is 0 Å². The summed E-state index contributed by atoms with van der Waals surface area (Å²) >= 11 is 0. The van der Waals surface area contributed by atoms with Crippen LogP contribution in [0.15, 0.2) is 36.0 Å². The van der Waals surface area contributed by atoms with Crippen molar-refractivity contribution in [1.29, 1.82) is 0 Å². The van der Waals surface area contributed by atoms with Gasteiger partial charge < -0.3 is 14.3 Å². The molecule has 0 bridgehead atoms. The van der Waals surface area contributed by atoms with E-state index in [4.69, 9.17) is 14.3 Å². The summed E-state index contributed by atoms with van der Waals surface area (Å²) in [7, 11) is 0. The minimum atomic E-state index is -0.727. The average molecular weight is 464 g/mol. The van der Waals surface area contributed by atoms with Gasteiger partial charge >= 0.3 is 5.69 Å². The molecule has 0 aliphatic carbocycles. The monoisotopic (exact) mass is 463 g/mol. The Balaban J connectivity index is 2.08. The van der Waals surface area contributed by atoms with E-state index >= 15 is 0 Å². The van der Waals surface area contributed by atoms with Crippen molar-refractivity contribution in [3.63, 3.8) is 0 Å². The Morgan fingerprint density at radius 2 is 1.85 bits per heavy atom. The first-order valence-corrected chi connectivity index (χ1v) is 11.4. The summed E-state index contributed by atoms with van der Waals surface area (Å²) in [5.74, 6) is -0.790. The van der Waals surface area contributed by atoms with Gasteiger partial charge in [-0.2, -0.15) is 0 Å². The van der Waals surface area contributed by atoms with Crippen molar-refractivity contribution < 1.29 is 24.2 Å². The fourth-order valence-corrected chi connectivity index (χ4v) is 3.68. The lowest BCUT2D eigenvalue weighted by molar-refractivity contribution is -0.394. The van der Waals surface area contributed by atoms with Crippen molar-refractivity contribution >= 4 is 17.1 Å². The van der Waals surface area contributed by atoms with Crippen molar-refractivity contribution in [3.05, 3.63) is 51.1 Å². The van der Waals surface area contributed by atoms with Crippen LogP contribution in [0.25, 0.3) is 0 Å². The van der Waals surface area contributed by atoms with Crippen LogP contribution in [0.5, 0.6) is 5.75 Å². The zero-order valence-electron chi connectivity index (χ0n) is 19.2. The van der Waals surface area contributed by atoms with Crippen molar-refractivity contribution in [2.45, 2.75) is 76.9 Å². The number of hydrogen-bond acceptors (Lipinski definition) is 8. The Morgan fingerprint density at radius 3 is 2.48 bits per heavy atom. The number of nitro groups is 2. The molecule has 0 spiro atoms. The summed E-state index contributed by atoms with van der Waals surface area (Å²) in [6.45, 7) is 7.03. The summed E-state index contributed by atoms with van der Waals surface area (Å²) in [4.78, 5) is 26.2. The molecule has 1 saturated heterocycles. The highest BCUT2D eigenvalue weighted by molar-refractivity contribution is 5.84. The number of oxime groups is 1. The van der Waals surface area contributed by atoms with Gasteiger partial charge in [-0.1, -0.05) is 43.8 Å². The van der Waals surface area contributed by atoms with Gasteiger partial charge in [-0.05, 0) is 31.7 Å². The van der Waals surface area contributed by atoms with E-state index in [1.807, 2.05) is 0 Å². The third kappa shape index (κ3) is 8.54. The smallest absolute Gasteiger partial charge is 0.321 e. The fourth-order valence-electron chi connectivity index (χ4n) is 3.68. The van der Waals surface area contributed by atoms with E-state index in [1.165, 1.54) is 25.3 Å². The molecule has 33 heavy (non-hydrogen) atoms.